The lowest BCUT2D eigenvalue weighted by atomic mass is 10.1. The molecule has 4 rings (SSSR count). The molecule has 9 nitrogen and oxygen atoms in total. The van der Waals surface area contributed by atoms with Crippen molar-refractivity contribution in [3.05, 3.63) is 42.2 Å². The number of piperidine rings is 1. The molecule has 3 heterocycles. The molecular formula is C23H28N6O3S. The summed E-state index contributed by atoms with van der Waals surface area (Å²) in [6, 6.07) is 9.27. The van der Waals surface area contributed by atoms with Crippen LogP contribution in [0.1, 0.15) is 37.2 Å². The van der Waals surface area contributed by atoms with Gasteiger partial charge in [-0.1, -0.05) is 11.3 Å². The number of anilines is 1. The fourth-order valence-corrected chi connectivity index (χ4v) is 4.66. The van der Waals surface area contributed by atoms with Crippen molar-refractivity contribution >= 4 is 38.6 Å². The molecule has 1 saturated heterocycles. The number of aromatic nitrogens is 2. The highest BCUT2D eigenvalue weighted by Gasteiger charge is 2.24. The molecule has 0 radical (unpaired) electrons. The van der Waals surface area contributed by atoms with Gasteiger partial charge in [-0.25, -0.2) is 9.78 Å². The van der Waals surface area contributed by atoms with Gasteiger partial charge in [0.25, 0.3) is 5.91 Å². The first kappa shape index (κ1) is 22.8. The number of fused-ring (bicyclic) bond motifs is 1. The van der Waals surface area contributed by atoms with Crippen LogP contribution in [0.3, 0.4) is 0 Å². The van der Waals surface area contributed by atoms with E-state index in [9.17, 15) is 9.59 Å². The molecule has 33 heavy (non-hydrogen) atoms. The molecule has 0 saturated carbocycles. The van der Waals surface area contributed by atoms with E-state index in [1.807, 2.05) is 36.9 Å². The second-order valence-electron chi connectivity index (χ2n) is 8.24. The van der Waals surface area contributed by atoms with Gasteiger partial charge in [-0.2, -0.15) is 0 Å². The summed E-state index contributed by atoms with van der Waals surface area (Å²) in [5.74, 6) is 0.922. The van der Waals surface area contributed by atoms with Crippen molar-refractivity contribution in [3.8, 4) is 11.5 Å². The Morgan fingerprint density at radius 3 is 2.82 bits per heavy atom. The first-order chi connectivity index (χ1) is 15.9. The molecular weight excluding hydrogens is 440 g/mol. The number of ether oxygens (including phenoxy) is 1. The van der Waals surface area contributed by atoms with Gasteiger partial charge in [0, 0.05) is 50.6 Å². The van der Waals surface area contributed by atoms with Crippen molar-refractivity contribution in [2.75, 3.05) is 25.5 Å². The number of thiazole rings is 1. The lowest BCUT2D eigenvalue weighted by molar-refractivity contribution is 0.0957. The Balaban J connectivity index is 1.43. The summed E-state index contributed by atoms with van der Waals surface area (Å²) >= 11 is 1.55. The van der Waals surface area contributed by atoms with Gasteiger partial charge in [0.15, 0.2) is 5.13 Å². The SMILES string of the molecule is CNC(=O)c1cc(Oc2ccc3nc(NC4CCCN(C(=O)NC(C)C)C4)sc3c2)ccn1. The van der Waals surface area contributed by atoms with Crippen molar-refractivity contribution in [1.29, 1.82) is 0 Å². The van der Waals surface area contributed by atoms with Gasteiger partial charge >= 0.3 is 6.03 Å². The summed E-state index contributed by atoms with van der Waals surface area (Å²) in [7, 11) is 1.56. The van der Waals surface area contributed by atoms with E-state index >= 15 is 0 Å². The summed E-state index contributed by atoms with van der Waals surface area (Å²) < 4.78 is 6.93. The maximum absolute atomic E-state index is 12.3. The van der Waals surface area contributed by atoms with E-state index in [-0.39, 0.29) is 24.0 Å². The van der Waals surface area contributed by atoms with Gasteiger partial charge in [-0.15, -0.1) is 0 Å². The molecule has 0 bridgehead atoms. The molecule has 1 fully saturated rings. The molecule has 1 atom stereocenters. The fourth-order valence-electron chi connectivity index (χ4n) is 3.69. The number of likely N-dealkylation sites (tertiary alicyclic amines) is 1. The highest BCUT2D eigenvalue weighted by Crippen LogP contribution is 2.32. The number of rotatable bonds is 6. The maximum Gasteiger partial charge on any atom is 0.317 e. The maximum atomic E-state index is 12.3. The van der Waals surface area contributed by atoms with Crippen LogP contribution >= 0.6 is 11.3 Å². The van der Waals surface area contributed by atoms with Crippen LogP contribution in [0.25, 0.3) is 10.2 Å². The van der Waals surface area contributed by atoms with E-state index in [0.29, 0.717) is 23.7 Å². The molecule has 3 aromatic rings. The summed E-state index contributed by atoms with van der Waals surface area (Å²) in [5.41, 5.74) is 1.17. The molecule has 2 aromatic heterocycles. The predicted octanol–water partition coefficient (Wildman–Crippen LogP) is 3.84. The van der Waals surface area contributed by atoms with Crippen LogP contribution in [0, 0.1) is 0 Å². The molecule has 1 aromatic carbocycles. The van der Waals surface area contributed by atoms with Crippen LogP contribution < -0.4 is 20.7 Å². The minimum atomic E-state index is -0.267. The van der Waals surface area contributed by atoms with Crippen molar-refractivity contribution < 1.29 is 14.3 Å². The standard InChI is InChI=1S/C23H28N6O3S/c1-14(2)26-23(31)29-10-4-5-15(13-29)27-22-28-18-7-6-16(12-20(18)33-22)32-17-8-9-25-19(11-17)21(30)24-3/h6-9,11-12,14-15H,4-5,10,13H2,1-3H3,(H,24,30)(H,26,31)(H,27,28). The Kier molecular flexibility index (Phi) is 6.93. The van der Waals surface area contributed by atoms with E-state index < -0.39 is 0 Å². The Morgan fingerprint density at radius 1 is 1.21 bits per heavy atom. The second-order valence-corrected chi connectivity index (χ2v) is 9.27. The Labute approximate surface area is 196 Å². The number of pyridine rings is 1. The van der Waals surface area contributed by atoms with E-state index in [4.69, 9.17) is 9.72 Å². The molecule has 10 heteroatoms. The summed E-state index contributed by atoms with van der Waals surface area (Å²) in [4.78, 5) is 34.7. The van der Waals surface area contributed by atoms with Gasteiger partial charge in [0.05, 0.1) is 10.2 Å². The number of nitrogens with one attached hydrogen (secondary N) is 3. The third-order valence-corrected chi connectivity index (χ3v) is 6.18. The van der Waals surface area contributed by atoms with Crippen LogP contribution in [0.5, 0.6) is 11.5 Å². The normalized spacial score (nSPS) is 16.0. The smallest absolute Gasteiger partial charge is 0.317 e. The first-order valence-electron chi connectivity index (χ1n) is 11.0. The summed E-state index contributed by atoms with van der Waals surface area (Å²) in [6.45, 7) is 5.35. The van der Waals surface area contributed by atoms with E-state index in [2.05, 4.69) is 20.9 Å². The number of benzene rings is 1. The van der Waals surface area contributed by atoms with Crippen LogP contribution in [0.4, 0.5) is 9.93 Å². The number of carbonyl (C=O) groups excluding carboxylic acids is 2. The third-order valence-electron chi connectivity index (χ3n) is 5.24. The largest absolute Gasteiger partial charge is 0.457 e. The van der Waals surface area contributed by atoms with Crippen molar-refractivity contribution in [3.63, 3.8) is 0 Å². The lowest BCUT2D eigenvalue weighted by Gasteiger charge is -2.33. The van der Waals surface area contributed by atoms with Crippen LogP contribution in [0.2, 0.25) is 0 Å². The number of carbonyl (C=O) groups is 2. The molecule has 1 unspecified atom stereocenters. The van der Waals surface area contributed by atoms with Crippen molar-refractivity contribution in [2.24, 2.45) is 0 Å². The number of hydrogen-bond donors (Lipinski definition) is 3. The number of hydrogen-bond acceptors (Lipinski definition) is 7. The Hall–Kier alpha value is -3.40. The highest BCUT2D eigenvalue weighted by molar-refractivity contribution is 7.22. The molecule has 3 N–H and O–H groups in total. The van der Waals surface area contributed by atoms with Crippen LogP contribution in [-0.4, -0.2) is 59.0 Å². The topological polar surface area (TPSA) is 108 Å². The first-order valence-corrected chi connectivity index (χ1v) is 11.8. The molecule has 3 amide bonds. The molecule has 1 aliphatic rings. The number of amides is 3. The van der Waals surface area contributed by atoms with Crippen LogP contribution in [-0.2, 0) is 0 Å². The van der Waals surface area contributed by atoms with Gasteiger partial charge in [0.1, 0.15) is 17.2 Å². The molecule has 1 aliphatic heterocycles. The average molecular weight is 469 g/mol. The van der Waals surface area contributed by atoms with E-state index in [1.165, 1.54) is 0 Å². The molecule has 0 spiro atoms. The quantitative estimate of drug-likeness (QED) is 0.507. The second kappa shape index (κ2) is 10.0. The number of nitrogens with zero attached hydrogens (tertiary/aromatic N) is 3. The van der Waals surface area contributed by atoms with Gasteiger partial charge in [-0.05, 0) is 44.9 Å². The average Bonchev–Trinajstić information content (AvgIpc) is 3.20. The zero-order chi connectivity index (χ0) is 23.4. The Bertz CT molecular complexity index is 1150. The minimum Gasteiger partial charge on any atom is -0.457 e. The van der Waals surface area contributed by atoms with Gasteiger partial charge in [-0.3, -0.25) is 9.78 Å². The van der Waals surface area contributed by atoms with Crippen LogP contribution in [0.15, 0.2) is 36.5 Å². The summed E-state index contributed by atoms with van der Waals surface area (Å²) in [5, 5.41) is 9.84. The zero-order valence-corrected chi connectivity index (χ0v) is 19.7. The zero-order valence-electron chi connectivity index (χ0n) is 18.9. The lowest BCUT2D eigenvalue weighted by Crippen LogP contribution is -2.50. The van der Waals surface area contributed by atoms with Gasteiger partial charge < -0.3 is 25.6 Å². The molecule has 174 valence electrons. The third kappa shape index (κ3) is 5.70. The highest BCUT2D eigenvalue weighted by atomic mass is 32.1. The molecule has 0 aliphatic carbocycles. The van der Waals surface area contributed by atoms with Crippen molar-refractivity contribution in [2.45, 2.75) is 38.8 Å². The minimum absolute atomic E-state index is 0.0155. The van der Waals surface area contributed by atoms with E-state index in [0.717, 1.165) is 34.7 Å². The van der Waals surface area contributed by atoms with Crippen molar-refractivity contribution in [1.82, 2.24) is 25.5 Å². The monoisotopic (exact) mass is 468 g/mol. The fraction of sp³-hybridized carbons (Fsp3) is 0.391. The summed E-state index contributed by atoms with van der Waals surface area (Å²) in [6.07, 6.45) is 3.49. The Morgan fingerprint density at radius 2 is 2.03 bits per heavy atom. The van der Waals surface area contributed by atoms with E-state index in [1.54, 1.807) is 36.7 Å². The predicted molar refractivity (Wildman–Crippen MR) is 129 cm³/mol. The van der Waals surface area contributed by atoms with Gasteiger partial charge in [0.2, 0.25) is 0 Å². The number of urea groups is 1.